The molecule has 0 spiro atoms. The van der Waals surface area contributed by atoms with Crippen LogP contribution in [-0.4, -0.2) is 13.7 Å². The molecule has 1 unspecified atom stereocenters. The lowest BCUT2D eigenvalue weighted by atomic mass is 10.0. The number of hydrogen-bond acceptors (Lipinski definition) is 1. The van der Waals surface area contributed by atoms with E-state index in [1.807, 2.05) is 0 Å². The van der Waals surface area contributed by atoms with Crippen LogP contribution in [0.2, 0.25) is 0 Å². The molecule has 0 fully saturated rings. The molecular formula is C10H13IO. The van der Waals surface area contributed by atoms with Gasteiger partial charge in [-0.15, -0.1) is 0 Å². The van der Waals surface area contributed by atoms with Gasteiger partial charge in [-0.05, 0) is 40.3 Å². The topological polar surface area (TPSA) is 9.23 Å². The second-order valence-electron chi connectivity index (χ2n) is 2.91. The highest BCUT2D eigenvalue weighted by Crippen LogP contribution is 2.16. The molecular weight excluding hydrogens is 263 g/mol. The lowest BCUT2D eigenvalue weighted by molar-refractivity contribution is 0.184. The first-order valence-corrected chi connectivity index (χ1v) is 5.06. The third kappa shape index (κ3) is 2.75. The maximum atomic E-state index is 5.09. The summed E-state index contributed by atoms with van der Waals surface area (Å²) in [6.45, 7) is 2.96. The Kier molecular flexibility index (Phi) is 4.01. The first-order chi connectivity index (χ1) is 5.74. The summed E-state index contributed by atoms with van der Waals surface area (Å²) in [5.74, 6) is 0.493. The van der Waals surface area contributed by atoms with E-state index >= 15 is 0 Å². The lowest BCUT2D eigenvalue weighted by Crippen LogP contribution is -2.01. The predicted octanol–water partition coefficient (Wildman–Crippen LogP) is 3.04. The average molecular weight is 276 g/mol. The molecule has 66 valence electrons. The van der Waals surface area contributed by atoms with Gasteiger partial charge in [0.15, 0.2) is 0 Å². The van der Waals surface area contributed by atoms with E-state index in [2.05, 4.69) is 53.8 Å². The minimum Gasteiger partial charge on any atom is -0.384 e. The van der Waals surface area contributed by atoms with Crippen molar-refractivity contribution >= 4 is 22.6 Å². The molecule has 0 amide bonds. The Labute approximate surface area is 87.3 Å². The van der Waals surface area contributed by atoms with E-state index in [0.29, 0.717) is 5.92 Å². The van der Waals surface area contributed by atoms with E-state index < -0.39 is 0 Å². The smallest absolute Gasteiger partial charge is 0.0528 e. The van der Waals surface area contributed by atoms with Crippen molar-refractivity contribution in [3.8, 4) is 0 Å². The zero-order valence-electron chi connectivity index (χ0n) is 7.38. The van der Waals surface area contributed by atoms with Crippen molar-refractivity contribution in [1.82, 2.24) is 0 Å². The average Bonchev–Trinajstić information content (AvgIpc) is 2.06. The molecule has 0 aromatic heterocycles. The van der Waals surface area contributed by atoms with Crippen LogP contribution in [0.1, 0.15) is 18.4 Å². The molecule has 1 rings (SSSR count). The van der Waals surface area contributed by atoms with Gasteiger partial charge < -0.3 is 4.74 Å². The molecule has 12 heavy (non-hydrogen) atoms. The summed E-state index contributed by atoms with van der Waals surface area (Å²) in [6.07, 6.45) is 0. The molecule has 0 aliphatic heterocycles. The van der Waals surface area contributed by atoms with Gasteiger partial charge in [0.05, 0.1) is 6.61 Å². The minimum atomic E-state index is 0.493. The lowest BCUT2D eigenvalue weighted by Gasteiger charge is -2.09. The summed E-state index contributed by atoms with van der Waals surface area (Å²) in [5.41, 5.74) is 1.34. The highest BCUT2D eigenvalue weighted by molar-refractivity contribution is 14.1. The molecule has 2 heteroatoms. The van der Waals surface area contributed by atoms with Gasteiger partial charge in [-0.1, -0.05) is 19.1 Å². The van der Waals surface area contributed by atoms with Crippen LogP contribution >= 0.6 is 22.6 Å². The maximum absolute atomic E-state index is 5.09. The second kappa shape index (κ2) is 4.82. The molecule has 1 aromatic rings. The van der Waals surface area contributed by atoms with Crippen LogP contribution in [-0.2, 0) is 4.74 Å². The van der Waals surface area contributed by atoms with E-state index in [4.69, 9.17) is 4.74 Å². The van der Waals surface area contributed by atoms with Gasteiger partial charge in [0.2, 0.25) is 0 Å². The van der Waals surface area contributed by atoms with Gasteiger partial charge in [-0.2, -0.15) is 0 Å². The summed E-state index contributed by atoms with van der Waals surface area (Å²) < 4.78 is 6.37. The molecule has 0 saturated carbocycles. The van der Waals surface area contributed by atoms with Crippen molar-refractivity contribution in [1.29, 1.82) is 0 Å². The van der Waals surface area contributed by atoms with Crippen molar-refractivity contribution in [2.75, 3.05) is 13.7 Å². The van der Waals surface area contributed by atoms with Crippen LogP contribution in [0.25, 0.3) is 0 Å². The molecule has 0 aliphatic carbocycles. The van der Waals surface area contributed by atoms with Crippen LogP contribution in [0.4, 0.5) is 0 Å². The first kappa shape index (κ1) is 9.99. The normalized spacial score (nSPS) is 12.9. The van der Waals surface area contributed by atoms with E-state index in [9.17, 15) is 0 Å². The van der Waals surface area contributed by atoms with Crippen molar-refractivity contribution in [2.24, 2.45) is 0 Å². The number of benzene rings is 1. The molecule has 0 saturated heterocycles. The van der Waals surface area contributed by atoms with Gasteiger partial charge in [-0.25, -0.2) is 0 Å². The van der Waals surface area contributed by atoms with Crippen LogP contribution in [0.3, 0.4) is 0 Å². The van der Waals surface area contributed by atoms with E-state index in [1.165, 1.54) is 9.13 Å². The monoisotopic (exact) mass is 276 g/mol. The van der Waals surface area contributed by atoms with Gasteiger partial charge in [0.25, 0.3) is 0 Å². The zero-order chi connectivity index (χ0) is 8.97. The number of ether oxygens (including phenoxy) is 1. The summed E-state index contributed by atoms with van der Waals surface area (Å²) in [7, 11) is 1.74. The fourth-order valence-electron chi connectivity index (χ4n) is 1.14. The summed E-state index contributed by atoms with van der Waals surface area (Å²) in [6, 6.07) is 8.57. The molecule has 0 aliphatic rings. The largest absolute Gasteiger partial charge is 0.384 e. The summed E-state index contributed by atoms with van der Waals surface area (Å²) >= 11 is 2.31. The number of halogens is 1. The Morgan fingerprint density at radius 3 is 2.42 bits per heavy atom. The minimum absolute atomic E-state index is 0.493. The predicted molar refractivity (Wildman–Crippen MR) is 59.5 cm³/mol. The van der Waals surface area contributed by atoms with Crippen LogP contribution in [0.5, 0.6) is 0 Å². The maximum Gasteiger partial charge on any atom is 0.0528 e. The van der Waals surface area contributed by atoms with Crippen LogP contribution in [0, 0.1) is 3.57 Å². The fourth-order valence-corrected chi connectivity index (χ4v) is 1.50. The van der Waals surface area contributed by atoms with E-state index in [-0.39, 0.29) is 0 Å². The third-order valence-electron chi connectivity index (χ3n) is 1.86. The van der Waals surface area contributed by atoms with Crippen LogP contribution < -0.4 is 0 Å². The number of rotatable bonds is 3. The summed E-state index contributed by atoms with van der Waals surface area (Å²) in [5, 5.41) is 0. The van der Waals surface area contributed by atoms with Gasteiger partial charge in [0, 0.05) is 16.6 Å². The molecule has 0 bridgehead atoms. The van der Waals surface area contributed by atoms with Gasteiger partial charge in [0.1, 0.15) is 0 Å². The highest BCUT2D eigenvalue weighted by Gasteiger charge is 2.03. The Bertz CT molecular complexity index is 230. The standard InChI is InChI=1S/C10H13IO/c1-8(7-12-2)9-3-5-10(11)6-4-9/h3-6,8H,7H2,1-2H3. The molecule has 0 radical (unpaired) electrons. The molecule has 0 heterocycles. The van der Waals surface area contributed by atoms with Crippen LogP contribution in [0.15, 0.2) is 24.3 Å². The molecule has 0 N–H and O–H groups in total. The third-order valence-corrected chi connectivity index (χ3v) is 2.57. The second-order valence-corrected chi connectivity index (χ2v) is 4.15. The van der Waals surface area contributed by atoms with E-state index in [1.54, 1.807) is 7.11 Å². The Balaban J connectivity index is 2.68. The highest BCUT2D eigenvalue weighted by atomic mass is 127. The number of hydrogen-bond donors (Lipinski definition) is 0. The Morgan fingerprint density at radius 1 is 1.33 bits per heavy atom. The Morgan fingerprint density at radius 2 is 1.92 bits per heavy atom. The van der Waals surface area contributed by atoms with E-state index in [0.717, 1.165) is 6.61 Å². The molecule has 1 aromatic carbocycles. The fraction of sp³-hybridized carbons (Fsp3) is 0.400. The quantitative estimate of drug-likeness (QED) is 0.771. The molecule has 1 atom stereocenters. The summed E-state index contributed by atoms with van der Waals surface area (Å²) in [4.78, 5) is 0. The van der Waals surface area contributed by atoms with Crippen molar-refractivity contribution in [3.05, 3.63) is 33.4 Å². The number of methoxy groups -OCH3 is 1. The van der Waals surface area contributed by atoms with Gasteiger partial charge >= 0.3 is 0 Å². The Hall–Kier alpha value is -0.0900. The zero-order valence-corrected chi connectivity index (χ0v) is 9.54. The van der Waals surface area contributed by atoms with Crippen molar-refractivity contribution < 1.29 is 4.74 Å². The van der Waals surface area contributed by atoms with Gasteiger partial charge in [-0.3, -0.25) is 0 Å². The van der Waals surface area contributed by atoms with Crippen molar-refractivity contribution in [3.63, 3.8) is 0 Å². The molecule has 1 nitrogen and oxygen atoms in total. The SMILES string of the molecule is COCC(C)c1ccc(I)cc1. The first-order valence-electron chi connectivity index (χ1n) is 3.98. The van der Waals surface area contributed by atoms with Crippen molar-refractivity contribution in [2.45, 2.75) is 12.8 Å².